The van der Waals surface area contributed by atoms with Crippen molar-refractivity contribution >= 4 is 6.08 Å². The first-order valence-electron chi connectivity index (χ1n) is 10.1. The van der Waals surface area contributed by atoms with Crippen LogP contribution >= 0.6 is 0 Å². The van der Waals surface area contributed by atoms with Gasteiger partial charge in [-0.2, -0.15) is 0 Å². The second-order valence-corrected chi connectivity index (χ2v) is 10.3. The third-order valence-corrected chi connectivity index (χ3v) is 6.00. The lowest BCUT2D eigenvalue weighted by Gasteiger charge is -2.26. The molecule has 2 aliphatic carbocycles. The molecule has 2 aromatic rings. The lowest BCUT2D eigenvalue weighted by Crippen LogP contribution is -2.16. The highest BCUT2D eigenvalue weighted by Gasteiger charge is 2.30. The molecular weight excluding hydrogens is 312 g/mol. The van der Waals surface area contributed by atoms with E-state index in [9.17, 15) is 0 Å². The Labute approximate surface area is 159 Å². The standard InChI is InChI=1S/C26H32/c1-25(2,3)21-13-20(14-22(16-21)26(4,5)6)23-9-7-8-18-12-19(15-24(18)23)17-10-11-17/h7-9,13-17H,10-12H2,1-6H3. The molecule has 0 heteroatoms. The molecule has 1 fully saturated rings. The molecule has 0 unspecified atom stereocenters. The van der Waals surface area contributed by atoms with Crippen LogP contribution < -0.4 is 0 Å². The van der Waals surface area contributed by atoms with E-state index in [2.05, 4.69) is 84.0 Å². The molecule has 0 heterocycles. The highest BCUT2D eigenvalue weighted by molar-refractivity contribution is 5.81. The summed E-state index contributed by atoms with van der Waals surface area (Å²) in [5.74, 6) is 0.862. The highest BCUT2D eigenvalue weighted by Crippen LogP contribution is 2.45. The van der Waals surface area contributed by atoms with Gasteiger partial charge in [0.15, 0.2) is 0 Å². The van der Waals surface area contributed by atoms with E-state index >= 15 is 0 Å². The van der Waals surface area contributed by atoms with Crippen LogP contribution in [0.15, 0.2) is 42.0 Å². The van der Waals surface area contributed by atoms with Gasteiger partial charge in [0, 0.05) is 0 Å². The predicted octanol–water partition coefficient (Wildman–Crippen LogP) is 7.30. The fourth-order valence-corrected chi connectivity index (χ4v) is 4.01. The second-order valence-electron chi connectivity index (χ2n) is 10.3. The Hall–Kier alpha value is -1.82. The predicted molar refractivity (Wildman–Crippen MR) is 114 cm³/mol. The zero-order chi connectivity index (χ0) is 18.7. The fourth-order valence-electron chi connectivity index (χ4n) is 4.01. The van der Waals surface area contributed by atoms with E-state index in [1.54, 1.807) is 5.57 Å². The Morgan fingerprint density at radius 2 is 1.42 bits per heavy atom. The lowest BCUT2D eigenvalue weighted by atomic mass is 9.78. The van der Waals surface area contributed by atoms with Crippen molar-refractivity contribution in [2.45, 2.75) is 71.6 Å². The molecule has 0 N–H and O–H groups in total. The average Bonchev–Trinajstić information content (AvgIpc) is 3.31. The Kier molecular flexibility index (Phi) is 3.95. The van der Waals surface area contributed by atoms with Crippen molar-refractivity contribution in [1.29, 1.82) is 0 Å². The minimum atomic E-state index is 0.156. The molecule has 1 saturated carbocycles. The van der Waals surface area contributed by atoms with Crippen LogP contribution in [0, 0.1) is 5.92 Å². The SMILES string of the molecule is CC(C)(C)c1cc(-c2cccc3c2C=C(C2CC2)C3)cc(C(C)(C)C)c1. The normalized spacial score (nSPS) is 17.2. The van der Waals surface area contributed by atoms with Gasteiger partial charge < -0.3 is 0 Å². The van der Waals surface area contributed by atoms with Crippen LogP contribution in [0.4, 0.5) is 0 Å². The molecular formula is C26H32. The Bertz CT molecular complexity index is 845. The van der Waals surface area contributed by atoms with Crippen molar-refractivity contribution in [2.24, 2.45) is 5.92 Å². The first-order chi connectivity index (χ1) is 12.1. The maximum absolute atomic E-state index is 2.50. The van der Waals surface area contributed by atoms with Gasteiger partial charge in [0.25, 0.3) is 0 Å². The second kappa shape index (κ2) is 5.84. The summed E-state index contributed by atoms with van der Waals surface area (Å²) in [5, 5.41) is 0. The van der Waals surface area contributed by atoms with Crippen molar-refractivity contribution in [3.8, 4) is 11.1 Å². The van der Waals surface area contributed by atoms with Crippen LogP contribution in [-0.2, 0) is 17.3 Å². The summed E-state index contributed by atoms with van der Waals surface area (Å²) in [7, 11) is 0. The van der Waals surface area contributed by atoms with Gasteiger partial charge in [0.05, 0.1) is 0 Å². The molecule has 2 aliphatic rings. The van der Waals surface area contributed by atoms with E-state index in [-0.39, 0.29) is 10.8 Å². The highest BCUT2D eigenvalue weighted by atomic mass is 14.3. The molecule has 26 heavy (non-hydrogen) atoms. The minimum absolute atomic E-state index is 0.156. The van der Waals surface area contributed by atoms with Gasteiger partial charge in [0.2, 0.25) is 0 Å². The quantitative estimate of drug-likeness (QED) is 0.536. The van der Waals surface area contributed by atoms with Crippen molar-refractivity contribution in [1.82, 2.24) is 0 Å². The molecule has 2 aromatic carbocycles. The molecule has 0 atom stereocenters. The van der Waals surface area contributed by atoms with Gasteiger partial charge in [-0.3, -0.25) is 0 Å². The van der Waals surface area contributed by atoms with Gasteiger partial charge in [-0.05, 0) is 69.4 Å². The number of hydrogen-bond donors (Lipinski definition) is 0. The van der Waals surface area contributed by atoms with Crippen molar-refractivity contribution in [3.63, 3.8) is 0 Å². The smallest absolute Gasteiger partial charge is 0.00548 e. The van der Waals surface area contributed by atoms with Gasteiger partial charge >= 0.3 is 0 Å². The number of benzene rings is 2. The topological polar surface area (TPSA) is 0 Å². The van der Waals surface area contributed by atoms with Gasteiger partial charge in [-0.1, -0.05) is 89.6 Å². The van der Waals surface area contributed by atoms with Crippen molar-refractivity contribution in [2.75, 3.05) is 0 Å². The average molecular weight is 345 g/mol. The monoisotopic (exact) mass is 344 g/mol. The molecule has 0 bridgehead atoms. The summed E-state index contributed by atoms with van der Waals surface area (Å²) in [6.07, 6.45) is 6.45. The number of hydrogen-bond acceptors (Lipinski definition) is 0. The molecule has 0 aliphatic heterocycles. The summed E-state index contributed by atoms with van der Waals surface area (Å²) in [5.41, 5.74) is 10.6. The summed E-state index contributed by atoms with van der Waals surface area (Å²) >= 11 is 0. The molecule has 0 nitrogen and oxygen atoms in total. The van der Waals surface area contributed by atoms with E-state index in [4.69, 9.17) is 0 Å². The lowest BCUT2D eigenvalue weighted by molar-refractivity contribution is 0.569. The Morgan fingerprint density at radius 1 is 0.808 bits per heavy atom. The van der Waals surface area contributed by atoms with Gasteiger partial charge in [-0.25, -0.2) is 0 Å². The van der Waals surface area contributed by atoms with Crippen LogP contribution in [0.1, 0.15) is 76.6 Å². The van der Waals surface area contributed by atoms with Crippen LogP contribution in [0.2, 0.25) is 0 Å². The molecule has 4 rings (SSSR count). The van der Waals surface area contributed by atoms with Crippen LogP contribution in [0.3, 0.4) is 0 Å². The fraction of sp³-hybridized carbons (Fsp3) is 0.462. The minimum Gasteiger partial charge on any atom is -0.0621 e. The molecule has 136 valence electrons. The van der Waals surface area contributed by atoms with E-state index in [0.717, 1.165) is 5.92 Å². The first-order valence-corrected chi connectivity index (χ1v) is 10.1. The first kappa shape index (κ1) is 17.6. The van der Waals surface area contributed by atoms with Gasteiger partial charge in [0.1, 0.15) is 0 Å². The Balaban J connectivity index is 1.88. The largest absolute Gasteiger partial charge is 0.0621 e. The van der Waals surface area contributed by atoms with Crippen LogP contribution in [-0.4, -0.2) is 0 Å². The number of rotatable bonds is 2. The van der Waals surface area contributed by atoms with E-state index < -0.39 is 0 Å². The molecule has 0 saturated heterocycles. The van der Waals surface area contributed by atoms with E-state index in [0.29, 0.717) is 0 Å². The third-order valence-electron chi connectivity index (χ3n) is 6.00. The van der Waals surface area contributed by atoms with Crippen molar-refractivity contribution < 1.29 is 0 Å². The van der Waals surface area contributed by atoms with E-state index in [1.807, 2.05) is 0 Å². The zero-order valence-corrected chi connectivity index (χ0v) is 17.2. The number of fused-ring (bicyclic) bond motifs is 1. The van der Waals surface area contributed by atoms with Crippen LogP contribution in [0.5, 0.6) is 0 Å². The third kappa shape index (κ3) is 3.27. The van der Waals surface area contributed by atoms with E-state index in [1.165, 1.54) is 52.6 Å². The molecule has 0 amide bonds. The number of allylic oxidation sites excluding steroid dienone is 1. The molecule has 0 spiro atoms. The van der Waals surface area contributed by atoms with Crippen LogP contribution in [0.25, 0.3) is 17.2 Å². The maximum Gasteiger partial charge on any atom is -0.00548 e. The Morgan fingerprint density at radius 3 is 1.96 bits per heavy atom. The maximum atomic E-state index is 2.50. The summed E-state index contributed by atoms with van der Waals surface area (Å²) in [4.78, 5) is 0. The summed E-state index contributed by atoms with van der Waals surface area (Å²) in [6.45, 7) is 13.9. The summed E-state index contributed by atoms with van der Waals surface area (Å²) in [6, 6.07) is 14.2. The molecule has 0 radical (unpaired) electrons. The van der Waals surface area contributed by atoms with Gasteiger partial charge in [-0.15, -0.1) is 0 Å². The molecule has 0 aromatic heterocycles. The zero-order valence-electron chi connectivity index (χ0n) is 17.2. The van der Waals surface area contributed by atoms with Crippen molar-refractivity contribution in [3.05, 3.63) is 64.2 Å². The summed E-state index contributed by atoms with van der Waals surface area (Å²) < 4.78 is 0.